The molecule has 0 aliphatic rings. The molecule has 2 rings (SSSR count). The van der Waals surface area contributed by atoms with Gasteiger partial charge in [0.2, 0.25) is 5.91 Å². The van der Waals surface area contributed by atoms with Crippen LogP contribution in [-0.2, 0) is 11.0 Å². The fraction of sp³-hybridized carbons (Fsp3) is 0.300. The summed E-state index contributed by atoms with van der Waals surface area (Å²) in [6.45, 7) is 3.16. The number of nitrogens with two attached hydrogens (primary N) is 1. The van der Waals surface area contributed by atoms with Gasteiger partial charge < -0.3 is 21.7 Å². The number of para-hydroxylation sites is 2. The summed E-state index contributed by atoms with van der Waals surface area (Å²) in [5.41, 5.74) is 6.62. The summed E-state index contributed by atoms with van der Waals surface area (Å²) < 4.78 is 39.4. The van der Waals surface area contributed by atoms with Gasteiger partial charge in [-0.2, -0.15) is 13.2 Å². The predicted molar refractivity (Wildman–Crippen MR) is 112 cm³/mol. The summed E-state index contributed by atoms with van der Waals surface area (Å²) in [5, 5.41) is 8.94. The van der Waals surface area contributed by atoms with Gasteiger partial charge >= 0.3 is 6.18 Å². The van der Waals surface area contributed by atoms with Crippen molar-refractivity contribution in [1.82, 2.24) is 10.6 Å². The normalized spacial score (nSPS) is 13.3. The van der Waals surface area contributed by atoms with E-state index in [-0.39, 0.29) is 17.1 Å². The molecule has 0 heterocycles. The van der Waals surface area contributed by atoms with Gasteiger partial charge in [0.15, 0.2) is 5.11 Å². The molecule has 5 nitrogen and oxygen atoms in total. The Hall–Kier alpha value is -2.81. The van der Waals surface area contributed by atoms with E-state index in [9.17, 15) is 18.0 Å². The maximum absolute atomic E-state index is 13.1. The number of alkyl halides is 3. The molecule has 0 fully saturated rings. The molecular formula is C20H23F3N4OS. The minimum absolute atomic E-state index is 0.209. The first kappa shape index (κ1) is 22.5. The highest BCUT2D eigenvalue weighted by molar-refractivity contribution is 7.80. The average Bonchev–Trinajstić information content (AvgIpc) is 2.62. The van der Waals surface area contributed by atoms with E-state index in [0.717, 1.165) is 12.1 Å². The number of thiocarbonyl (C=S) groups is 1. The molecule has 1 amide bonds. The van der Waals surface area contributed by atoms with Gasteiger partial charge in [-0.15, -0.1) is 0 Å². The molecule has 0 aromatic heterocycles. The highest BCUT2D eigenvalue weighted by Gasteiger charge is 2.31. The van der Waals surface area contributed by atoms with Crippen molar-refractivity contribution in [3.63, 3.8) is 0 Å². The summed E-state index contributed by atoms with van der Waals surface area (Å²) in [6.07, 6.45) is -4.13. The number of halogens is 3. The van der Waals surface area contributed by atoms with Crippen LogP contribution in [0.2, 0.25) is 0 Å². The van der Waals surface area contributed by atoms with Crippen LogP contribution in [0.4, 0.5) is 24.5 Å². The van der Waals surface area contributed by atoms with Crippen molar-refractivity contribution in [1.29, 1.82) is 0 Å². The molecule has 29 heavy (non-hydrogen) atoms. The van der Waals surface area contributed by atoms with E-state index < -0.39 is 17.8 Å². The molecule has 0 bridgehead atoms. The summed E-state index contributed by atoms with van der Waals surface area (Å²) in [6, 6.07) is 11.2. The number of hydrogen-bond acceptors (Lipinski definition) is 3. The second kappa shape index (κ2) is 9.60. The number of benzene rings is 2. The third kappa shape index (κ3) is 6.94. The molecule has 0 aliphatic heterocycles. The maximum atomic E-state index is 13.1. The van der Waals surface area contributed by atoms with Gasteiger partial charge in [0.05, 0.1) is 23.0 Å². The lowest BCUT2D eigenvalue weighted by Gasteiger charge is -2.25. The van der Waals surface area contributed by atoms with E-state index in [4.69, 9.17) is 18.0 Å². The van der Waals surface area contributed by atoms with Crippen LogP contribution in [0.5, 0.6) is 0 Å². The fourth-order valence-corrected chi connectivity index (χ4v) is 3.15. The highest BCUT2D eigenvalue weighted by Crippen LogP contribution is 2.31. The van der Waals surface area contributed by atoms with Gasteiger partial charge in [-0.3, -0.25) is 4.79 Å². The molecule has 2 atom stereocenters. The van der Waals surface area contributed by atoms with Crippen LogP contribution in [0.1, 0.15) is 37.4 Å². The fourth-order valence-electron chi connectivity index (χ4n) is 2.90. The maximum Gasteiger partial charge on any atom is 0.416 e. The first-order valence-corrected chi connectivity index (χ1v) is 9.33. The van der Waals surface area contributed by atoms with Crippen molar-refractivity contribution in [2.75, 3.05) is 11.1 Å². The Morgan fingerprint density at radius 2 is 1.83 bits per heavy atom. The smallest absolute Gasteiger partial charge is 0.397 e. The monoisotopic (exact) mass is 424 g/mol. The molecule has 5 N–H and O–H groups in total. The van der Waals surface area contributed by atoms with E-state index in [1.807, 2.05) is 0 Å². The largest absolute Gasteiger partial charge is 0.416 e. The van der Waals surface area contributed by atoms with E-state index in [0.29, 0.717) is 23.4 Å². The van der Waals surface area contributed by atoms with Crippen LogP contribution in [0.3, 0.4) is 0 Å². The Balaban J connectivity index is 2.24. The number of amides is 1. The molecule has 0 aliphatic carbocycles. The van der Waals surface area contributed by atoms with Gasteiger partial charge in [0.25, 0.3) is 0 Å². The van der Waals surface area contributed by atoms with Gasteiger partial charge in [0, 0.05) is 13.0 Å². The van der Waals surface area contributed by atoms with Gasteiger partial charge in [-0.05, 0) is 55.4 Å². The van der Waals surface area contributed by atoms with Crippen molar-refractivity contribution in [2.45, 2.75) is 38.5 Å². The molecule has 2 aromatic rings. The SMILES string of the molecule is CC(=O)NC(C)CC(NC(=S)Nc1ccccc1N)c1cccc(C(F)(F)F)c1. The van der Waals surface area contributed by atoms with Crippen molar-refractivity contribution < 1.29 is 18.0 Å². The van der Waals surface area contributed by atoms with Crippen LogP contribution in [0.15, 0.2) is 48.5 Å². The molecule has 156 valence electrons. The lowest BCUT2D eigenvalue weighted by Crippen LogP contribution is -2.38. The molecule has 0 spiro atoms. The van der Waals surface area contributed by atoms with Crippen LogP contribution >= 0.6 is 12.2 Å². The van der Waals surface area contributed by atoms with Crippen LogP contribution < -0.4 is 21.7 Å². The van der Waals surface area contributed by atoms with Gasteiger partial charge in [-0.25, -0.2) is 0 Å². The van der Waals surface area contributed by atoms with Gasteiger partial charge in [-0.1, -0.05) is 24.3 Å². The second-order valence-electron chi connectivity index (χ2n) is 6.70. The Morgan fingerprint density at radius 3 is 2.45 bits per heavy atom. The van der Waals surface area contributed by atoms with Crippen molar-refractivity contribution in [3.8, 4) is 0 Å². The Morgan fingerprint density at radius 1 is 1.14 bits per heavy atom. The first-order valence-electron chi connectivity index (χ1n) is 8.92. The standard InChI is InChI=1S/C20H23F3N4OS/c1-12(25-13(2)28)10-18(14-6-5-7-15(11-14)20(21,22)23)27-19(29)26-17-9-4-3-8-16(17)24/h3-9,11-12,18H,10,24H2,1-2H3,(H,25,28)(H2,26,27,29). The van der Waals surface area contributed by atoms with Crippen LogP contribution in [0.25, 0.3) is 0 Å². The summed E-state index contributed by atoms with van der Waals surface area (Å²) in [7, 11) is 0. The zero-order valence-corrected chi connectivity index (χ0v) is 16.8. The molecule has 0 saturated heterocycles. The highest BCUT2D eigenvalue weighted by atomic mass is 32.1. The zero-order valence-electron chi connectivity index (χ0n) is 16.0. The number of carbonyl (C=O) groups is 1. The molecule has 0 saturated carbocycles. The lowest BCUT2D eigenvalue weighted by atomic mass is 9.98. The molecule has 2 aromatic carbocycles. The van der Waals surface area contributed by atoms with Crippen LogP contribution in [-0.4, -0.2) is 17.1 Å². The predicted octanol–water partition coefficient (Wildman–Crippen LogP) is 4.23. The minimum Gasteiger partial charge on any atom is -0.397 e. The first-order chi connectivity index (χ1) is 13.6. The van der Waals surface area contributed by atoms with Crippen molar-refractivity contribution in [2.24, 2.45) is 0 Å². The Bertz CT molecular complexity index is 873. The summed E-state index contributed by atoms with van der Waals surface area (Å²) in [5.74, 6) is -0.224. The average molecular weight is 424 g/mol. The third-order valence-electron chi connectivity index (χ3n) is 4.17. The van der Waals surface area contributed by atoms with Gasteiger partial charge in [0.1, 0.15) is 0 Å². The van der Waals surface area contributed by atoms with Crippen molar-refractivity contribution in [3.05, 3.63) is 59.7 Å². The molecule has 0 radical (unpaired) electrons. The molecule has 9 heteroatoms. The number of hydrogen-bond donors (Lipinski definition) is 4. The quantitative estimate of drug-likeness (QED) is 0.412. The van der Waals surface area contributed by atoms with E-state index in [1.54, 1.807) is 37.3 Å². The zero-order chi connectivity index (χ0) is 21.6. The van der Waals surface area contributed by atoms with E-state index >= 15 is 0 Å². The number of anilines is 2. The number of nitrogens with one attached hydrogen (secondary N) is 3. The molecule has 2 unspecified atom stereocenters. The molecular weight excluding hydrogens is 401 g/mol. The topological polar surface area (TPSA) is 79.2 Å². The number of nitrogen functional groups attached to an aromatic ring is 1. The van der Waals surface area contributed by atoms with Crippen LogP contribution in [0, 0.1) is 0 Å². The minimum atomic E-state index is -4.46. The van der Waals surface area contributed by atoms with E-state index in [1.165, 1.54) is 13.0 Å². The third-order valence-corrected chi connectivity index (χ3v) is 4.39. The Kier molecular flexibility index (Phi) is 7.44. The number of rotatable bonds is 6. The second-order valence-corrected chi connectivity index (χ2v) is 7.11. The summed E-state index contributed by atoms with van der Waals surface area (Å²) >= 11 is 5.33. The summed E-state index contributed by atoms with van der Waals surface area (Å²) in [4.78, 5) is 11.3. The number of carbonyl (C=O) groups excluding carboxylic acids is 1. The Labute approximate surface area is 172 Å². The van der Waals surface area contributed by atoms with E-state index in [2.05, 4.69) is 16.0 Å². The lowest BCUT2D eigenvalue weighted by molar-refractivity contribution is -0.137. The van der Waals surface area contributed by atoms with Crippen molar-refractivity contribution >= 4 is 34.6 Å².